The molecule has 2 rings (SSSR count). The number of benzene rings is 2. The predicted molar refractivity (Wildman–Crippen MR) is 92.6 cm³/mol. The predicted octanol–water partition coefficient (Wildman–Crippen LogP) is 3.46. The van der Waals surface area contributed by atoms with Gasteiger partial charge in [-0.15, -0.1) is 0 Å². The van der Waals surface area contributed by atoms with E-state index in [2.05, 4.69) is 10.2 Å². The first kappa shape index (κ1) is 19.8. The zero-order valence-electron chi connectivity index (χ0n) is 14.6. The van der Waals surface area contributed by atoms with Crippen molar-refractivity contribution in [2.75, 3.05) is 20.7 Å². The summed E-state index contributed by atoms with van der Waals surface area (Å²) < 4.78 is 43.0. The average molecular weight is 366 g/mol. The van der Waals surface area contributed by atoms with E-state index in [-0.39, 0.29) is 12.4 Å². The largest absolute Gasteiger partial charge is 0.484 e. The monoisotopic (exact) mass is 366 g/mol. The lowest BCUT2D eigenvalue weighted by Gasteiger charge is -2.11. The second kappa shape index (κ2) is 8.71. The second-order valence-corrected chi connectivity index (χ2v) is 6.15. The minimum Gasteiger partial charge on any atom is -0.484 e. The summed E-state index contributed by atoms with van der Waals surface area (Å²) in [6.45, 7) is 0.810. The molecule has 0 spiro atoms. The number of hydrogen-bond donors (Lipinski definition) is 1. The van der Waals surface area contributed by atoms with Gasteiger partial charge in [-0.25, -0.2) is 0 Å². The van der Waals surface area contributed by atoms with Crippen LogP contribution in [0, 0.1) is 0 Å². The van der Waals surface area contributed by atoms with E-state index in [1.165, 1.54) is 12.1 Å². The molecule has 0 fully saturated rings. The summed E-state index contributed by atoms with van der Waals surface area (Å²) >= 11 is 0. The topological polar surface area (TPSA) is 41.6 Å². The van der Waals surface area contributed by atoms with Gasteiger partial charge in [0.15, 0.2) is 6.61 Å². The quantitative estimate of drug-likeness (QED) is 0.816. The maximum atomic E-state index is 12.6. The summed E-state index contributed by atoms with van der Waals surface area (Å²) in [6.07, 6.45) is -4.44. The Hall–Kier alpha value is -2.54. The number of nitrogens with zero attached hydrogens (tertiary/aromatic N) is 1. The van der Waals surface area contributed by atoms with Crippen molar-refractivity contribution in [3.8, 4) is 5.75 Å². The van der Waals surface area contributed by atoms with Crippen molar-refractivity contribution in [3.05, 3.63) is 65.2 Å². The lowest BCUT2D eigenvalue weighted by molar-refractivity contribution is -0.137. The van der Waals surface area contributed by atoms with Crippen molar-refractivity contribution in [1.82, 2.24) is 10.2 Å². The highest BCUT2D eigenvalue weighted by Gasteiger charge is 2.30. The zero-order valence-corrected chi connectivity index (χ0v) is 14.6. The second-order valence-electron chi connectivity index (χ2n) is 6.15. The number of alkyl halides is 3. The molecule has 0 aliphatic rings. The van der Waals surface area contributed by atoms with E-state index in [9.17, 15) is 18.0 Å². The SMILES string of the molecule is CN(C)Cc1ccc(CNC(=O)COc2cccc(C(F)(F)F)c2)cc1. The number of amides is 1. The van der Waals surface area contributed by atoms with Crippen LogP contribution in [0.2, 0.25) is 0 Å². The van der Waals surface area contributed by atoms with E-state index in [0.717, 1.165) is 29.8 Å². The number of hydrogen-bond acceptors (Lipinski definition) is 3. The van der Waals surface area contributed by atoms with Gasteiger partial charge in [0, 0.05) is 13.1 Å². The van der Waals surface area contributed by atoms with E-state index >= 15 is 0 Å². The fourth-order valence-electron chi connectivity index (χ4n) is 2.29. The highest BCUT2D eigenvalue weighted by Crippen LogP contribution is 2.31. The fourth-order valence-corrected chi connectivity index (χ4v) is 2.29. The van der Waals surface area contributed by atoms with Crippen LogP contribution in [0.15, 0.2) is 48.5 Å². The molecule has 0 aliphatic carbocycles. The van der Waals surface area contributed by atoms with Gasteiger partial charge in [-0.2, -0.15) is 13.2 Å². The highest BCUT2D eigenvalue weighted by atomic mass is 19.4. The molecule has 0 saturated heterocycles. The van der Waals surface area contributed by atoms with E-state index in [0.29, 0.717) is 6.54 Å². The zero-order chi connectivity index (χ0) is 19.2. The maximum Gasteiger partial charge on any atom is 0.416 e. The Balaban J connectivity index is 1.80. The Kier molecular flexibility index (Phi) is 6.63. The van der Waals surface area contributed by atoms with Crippen molar-refractivity contribution in [1.29, 1.82) is 0 Å². The molecule has 1 N–H and O–H groups in total. The first-order chi connectivity index (χ1) is 12.2. The van der Waals surface area contributed by atoms with Crippen molar-refractivity contribution in [3.63, 3.8) is 0 Å². The van der Waals surface area contributed by atoms with Gasteiger partial charge in [-0.05, 0) is 43.4 Å². The van der Waals surface area contributed by atoms with Gasteiger partial charge in [-0.1, -0.05) is 30.3 Å². The van der Waals surface area contributed by atoms with Crippen LogP contribution >= 0.6 is 0 Å². The molecule has 140 valence electrons. The van der Waals surface area contributed by atoms with Crippen LogP contribution in [-0.2, 0) is 24.1 Å². The van der Waals surface area contributed by atoms with Gasteiger partial charge in [0.2, 0.25) is 0 Å². The molecular weight excluding hydrogens is 345 g/mol. The molecule has 0 saturated carbocycles. The molecule has 2 aromatic rings. The van der Waals surface area contributed by atoms with Crippen LogP contribution < -0.4 is 10.1 Å². The molecule has 2 aromatic carbocycles. The third kappa shape index (κ3) is 6.40. The summed E-state index contributed by atoms with van der Waals surface area (Å²) in [6, 6.07) is 12.3. The molecule has 0 aromatic heterocycles. The Morgan fingerprint density at radius 2 is 1.73 bits per heavy atom. The molecule has 0 radical (unpaired) electrons. The summed E-state index contributed by atoms with van der Waals surface area (Å²) in [7, 11) is 3.97. The first-order valence-electron chi connectivity index (χ1n) is 8.03. The van der Waals surface area contributed by atoms with Crippen LogP contribution in [0.25, 0.3) is 0 Å². The number of carbonyl (C=O) groups excluding carboxylic acids is 1. The van der Waals surface area contributed by atoms with Gasteiger partial charge in [0.05, 0.1) is 5.56 Å². The molecule has 0 unspecified atom stereocenters. The van der Waals surface area contributed by atoms with Crippen LogP contribution in [0.1, 0.15) is 16.7 Å². The molecule has 0 aliphatic heterocycles. The Labute approximate surface area is 150 Å². The molecule has 4 nitrogen and oxygen atoms in total. The normalized spacial score (nSPS) is 11.5. The number of nitrogens with one attached hydrogen (secondary N) is 1. The number of carbonyl (C=O) groups is 1. The number of halogens is 3. The molecular formula is C19H21F3N2O2. The minimum absolute atomic E-state index is 0.00279. The minimum atomic E-state index is -4.44. The van der Waals surface area contributed by atoms with Crippen LogP contribution in [-0.4, -0.2) is 31.5 Å². The number of rotatable bonds is 7. The lowest BCUT2D eigenvalue weighted by atomic mass is 10.1. The third-order valence-corrected chi connectivity index (χ3v) is 3.54. The van der Waals surface area contributed by atoms with Gasteiger partial charge in [0.1, 0.15) is 5.75 Å². The number of ether oxygens (including phenoxy) is 1. The van der Waals surface area contributed by atoms with Crippen LogP contribution in [0.3, 0.4) is 0 Å². The highest BCUT2D eigenvalue weighted by molar-refractivity contribution is 5.77. The molecule has 7 heteroatoms. The fraction of sp³-hybridized carbons (Fsp3) is 0.316. The van der Waals surface area contributed by atoms with E-state index in [1.807, 2.05) is 38.4 Å². The van der Waals surface area contributed by atoms with Crippen molar-refractivity contribution in [2.45, 2.75) is 19.3 Å². The molecule has 0 atom stereocenters. The maximum absolute atomic E-state index is 12.6. The summed E-state index contributed by atoms with van der Waals surface area (Å²) in [5, 5.41) is 2.68. The summed E-state index contributed by atoms with van der Waals surface area (Å²) in [5.74, 6) is -0.400. The smallest absolute Gasteiger partial charge is 0.416 e. The first-order valence-corrected chi connectivity index (χ1v) is 8.03. The van der Waals surface area contributed by atoms with Gasteiger partial charge in [-0.3, -0.25) is 4.79 Å². The average Bonchev–Trinajstić information content (AvgIpc) is 2.58. The molecule has 1 amide bonds. The summed E-state index contributed by atoms with van der Waals surface area (Å²) in [5.41, 5.74) is 1.28. The van der Waals surface area contributed by atoms with E-state index in [1.54, 1.807) is 0 Å². The Morgan fingerprint density at radius 1 is 1.08 bits per heavy atom. The Morgan fingerprint density at radius 3 is 2.35 bits per heavy atom. The van der Waals surface area contributed by atoms with Crippen molar-refractivity contribution < 1.29 is 22.7 Å². The molecule has 0 heterocycles. The van der Waals surface area contributed by atoms with Crippen molar-refractivity contribution in [2.24, 2.45) is 0 Å². The van der Waals surface area contributed by atoms with E-state index < -0.39 is 17.6 Å². The third-order valence-electron chi connectivity index (χ3n) is 3.54. The molecule has 0 bridgehead atoms. The van der Waals surface area contributed by atoms with Gasteiger partial charge in [0.25, 0.3) is 5.91 Å². The van der Waals surface area contributed by atoms with Crippen LogP contribution in [0.4, 0.5) is 13.2 Å². The molecule has 26 heavy (non-hydrogen) atoms. The standard InChI is InChI=1S/C19H21F3N2O2/c1-24(2)12-15-8-6-14(7-9-15)11-23-18(25)13-26-17-5-3-4-16(10-17)19(20,21)22/h3-10H,11-13H2,1-2H3,(H,23,25). The lowest BCUT2D eigenvalue weighted by Crippen LogP contribution is -2.28. The summed E-state index contributed by atoms with van der Waals surface area (Å²) in [4.78, 5) is 13.9. The van der Waals surface area contributed by atoms with E-state index in [4.69, 9.17) is 4.74 Å². The van der Waals surface area contributed by atoms with Gasteiger partial charge < -0.3 is 15.0 Å². The Bertz CT molecular complexity index is 728. The van der Waals surface area contributed by atoms with Crippen molar-refractivity contribution >= 4 is 5.91 Å². The van der Waals surface area contributed by atoms with Gasteiger partial charge >= 0.3 is 6.18 Å². The van der Waals surface area contributed by atoms with Crippen LogP contribution in [0.5, 0.6) is 5.75 Å².